The molecule has 2 atom stereocenters. The van der Waals surface area contributed by atoms with Crippen molar-refractivity contribution in [3.05, 3.63) is 58.6 Å². The first-order chi connectivity index (χ1) is 22.3. The molecule has 0 fully saturated rings. The van der Waals surface area contributed by atoms with Gasteiger partial charge >= 0.3 is 29.7 Å². The molecule has 258 valence electrons. The SMILES string of the molecule is CC(C)CCC(=O)OCOC(=O)C1(C(=O)OCOC(=O)CCC(C)C)Oc2ccc(CC(C)NCC(O)c3cccc(Cl)c3)cc2O1. The minimum Gasteiger partial charge on any atom is -0.431 e. The third kappa shape index (κ3) is 11.7. The van der Waals surface area contributed by atoms with Crippen molar-refractivity contribution in [2.45, 2.75) is 84.7 Å². The molecule has 3 rings (SSSR count). The zero-order valence-corrected chi connectivity index (χ0v) is 28.2. The lowest BCUT2D eigenvalue weighted by Crippen LogP contribution is -2.56. The summed E-state index contributed by atoms with van der Waals surface area (Å²) in [5.74, 6) is -5.90. The lowest BCUT2D eigenvalue weighted by atomic mass is 10.1. The maximum absolute atomic E-state index is 13.2. The van der Waals surface area contributed by atoms with Gasteiger partial charge in [0, 0.05) is 30.5 Å². The zero-order chi connectivity index (χ0) is 34.6. The van der Waals surface area contributed by atoms with E-state index < -0.39 is 49.4 Å². The van der Waals surface area contributed by atoms with Gasteiger partial charge in [0.1, 0.15) is 0 Å². The molecule has 0 radical (unpaired) electrons. The number of benzene rings is 2. The lowest BCUT2D eigenvalue weighted by Gasteiger charge is -2.23. The van der Waals surface area contributed by atoms with Crippen LogP contribution < -0.4 is 14.8 Å². The molecule has 13 heteroatoms. The van der Waals surface area contributed by atoms with Crippen molar-refractivity contribution in [3.63, 3.8) is 0 Å². The second kappa shape index (κ2) is 17.9. The van der Waals surface area contributed by atoms with Crippen LogP contribution in [0.1, 0.15) is 77.5 Å². The van der Waals surface area contributed by atoms with Crippen molar-refractivity contribution >= 4 is 35.5 Å². The first kappa shape index (κ1) is 37.6. The number of hydrogen-bond donors (Lipinski definition) is 2. The van der Waals surface area contributed by atoms with E-state index in [1.54, 1.807) is 36.4 Å². The van der Waals surface area contributed by atoms with E-state index >= 15 is 0 Å². The molecule has 2 aromatic rings. The second-order valence-corrected chi connectivity index (χ2v) is 12.6. The van der Waals surface area contributed by atoms with Gasteiger partial charge in [0.2, 0.25) is 13.6 Å². The molecule has 47 heavy (non-hydrogen) atoms. The average molecular weight is 678 g/mol. The van der Waals surface area contributed by atoms with Gasteiger partial charge in [-0.3, -0.25) is 9.59 Å². The summed E-state index contributed by atoms with van der Waals surface area (Å²) in [6.45, 7) is 8.44. The van der Waals surface area contributed by atoms with Crippen LogP contribution in [-0.2, 0) is 44.5 Å². The smallest absolute Gasteiger partial charge is 0.431 e. The van der Waals surface area contributed by atoms with Crippen LogP contribution in [0, 0.1) is 11.8 Å². The van der Waals surface area contributed by atoms with Gasteiger partial charge in [0.25, 0.3) is 0 Å². The Morgan fingerprint density at radius 1 is 0.809 bits per heavy atom. The molecule has 1 aliphatic heterocycles. The number of esters is 4. The Hall–Kier alpha value is -3.87. The van der Waals surface area contributed by atoms with E-state index in [4.69, 9.17) is 40.0 Å². The minimum atomic E-state index is -2.74. The normalized spacial score (nSPS) is 14.4. The van der Waals surface area contributed by atoms with E-state index in [2.05, 4.69) is 5.32 Å². The number of aliphatic hydroxyl groups excluding tert-OH is 1. The maximum atomic E-state index is 13.2. The van der Waals surface area contributed by atoms with Gasteiger partial charge in [-0.25, -0.2) is 9.59 Å². The Morgan fingerprint density at radius 2 is 1.38 bits per heavy atom. The predicted octanol–water partition coefficient (Wildman–Crippen LogP) is 5.02. The highest BCUT2D eigenvalue weighted by atomic mass is 35.5. The quantitative estimate of drug-likeness (QED) is 0.124. The molecular weight excluding hydrogens is 634 g/mol. The largest absolute Gasteiger partial charge is 0.453 e. The van der Waals surface area contributed by atoms with E-state index in [-0.39, 0.29) is 48.8 Å². The summed E-state index contributed by atoms with van der Waals surface area (Å²) in [6, 6.07) is 11.7. The summed E-state index contributed by atoms with van der Waals surface area (Å²) >= 11 is 6.03. The topological polar surface area (TPSA) is 156 Å². The fourth-order valence-corrected chi connectivity index (χ4v) is 4.64. The van der Waals surface area contributed by atoms with Crippen LogP contribution in [-0.4, -0.2) is 60.9 Å². The van der Waals surface area contributed by atoms with Crippen LogP contribution in [0.4, 0.5) is 0 Å². The van der Waals surface area contributed by atoms with Crippen LogP contribution in [0.25, 0.3) is 0 Å². The number of hydrogen-bond acceptors (Lipinski definition) is 12. The molecule has 1 heterocycles. The Kier molecular flexibility index (Phi) is 14.3. The van der Waals surface area contributed by atoms with Crippen molar-refractivity contribution in [1.82, 2.24) is 5.32 Å². The zero-order valence-electron chi connectivity index (χ0n) is 27.4. The second-order valence-electron chi connectivity index (χ2n) is 12.2. The molecular formula is C34H44ClNO11. The molecule has 1 aliphatic rings. The van der Waals surface area contributed by atoms with Gasteiger partial charge in [-0.05, 0) is 73.4 Å². The highest BCUT2D eigenvalue weighted by Gasteiger charge is 2.60. The lowest BCUT2D eigenvalue weighted by molar-refractivity contribution is -0.214. The summed E-state index contributed by atoms with van der Waals surface area (Å²) in [5, 5.41) is 14.3. The number of ether oxygens (including phenoxy) is 6. The molecule has 0 aliphatic carbocycles. The van der Waals surface area contributed by atoms with Gasteiger partial charge in [-0.1, -0.05) is 57.5 Å². The van der Waals surface area contributed by atoms with Gasteiger partial charge in [-0.2, -0.15) is 0 Å². The first-order valence-electron chi connectivity index (χ1n) is 15.6. The molecule has 0 spiro atoms. The third-order valence-corrected chi connectivity index (χ3v) is 7.39. The van der Waals surface area contributed by atoms with E-state index in [1.807, 2.05) is 34.6 Å². The summed E-state index contributed by atoms with van der Waals surface area (Å²) < 4.78 is 31.5. The number of aliphatic hydroxyl groups is 1. The molecule has 2 N–H and O–H groups in total. The highest BCUT2D eigenvalue weighted by molar-refractivity contribution is 6.30. The summed E-state index contributed by atoms with van der Waals surface area (Å²) in [6.07, 6.45) is 1.13. The predicted molar refractivity (Wildman–Crippen MR) is 170 cm³/mol. The summed E-state index contributed by atoms with van der Waals surface area (Å²) in [5.41, 5.74) is 1.45. The fourth-order valence-electron chi connectivity index (χ4n) is 4.44. The van der Waals surface area contributed by atoms with Crippen LogP contribution in [0.15, 0.2) is 42.5 Å². The average Bonchev–Trinajstić information content (AvgIpc) is 3.42. The standard InChI is InChI=1S/C34H44ClNO11/c1-21(2)9-13-30(38)42-19-44-32(40)34(33(41)45-20-43-31(39)14-10-22(3)4)46-28-12-11-24(16-29(28)47-34)15-23(5)36-18-27(37)25-7-6-8-26(35)17-25/h6-8,11-12,16-17,21-23,27,36-37H,9-10,13-15,18-20H2,1-5H3. The van der Waals surface area contributed by atoms with Gasteiger partial charge in [0.15, 0.2) is 11.5 Å². The molecule has 2 aromatic carbocycles. The minimum absolute atomic E-state index is 0.0579. The number of rotatable bonds is 18. The Balaban J connectivity index is 1.66. The summed E-state index contributed by atoms with van der Waals surface area (Å²) in [7, 11) is 0. The third-order valence-electron chi connectivity index (χ3n) is 7.16. The van der Waals surface area contributed by atoms with E-state index in [0.717, 1.165) is 5.56 Å². The van der Waals surface area contributed by atoms with E-state index in [9.17, 15) is 24.3 Å². The number of fused-ring (bicyclic) bond motifs is 1. The van der Waals surface area contributed by atoms with Gasteiger partial charge in [-0.15, -0.1) is 0 Å². The molecule has 0 aromatic heterocycles. The molecule has 0 saturated carbocycles. The van der Waals surface area contributed by atoms with Gasteiger partial charge in [0.05, 0.1) is 6.10 Å². The van der Waals surface area contributed by atoms with Crippen LogP contribution in [0.3, 0.4) is 0 Å². The molecule has 0 bridgehead atoms. The van der Waals surface area contributed by atoms with E-state index in [0.29, 0.717) is 29.8 Å². The Morgan fingerprint density at radius 3 is 1.94 bits per heavy atom. The van der Waals surface area contributed by atoms with E-state index in [1.165, 1.54) is 6.07 Å². The number of nitrogens with one attached hydrogen (secondary N) is 1. The maximum Gasteiger partial charge on any atom is 0.453 e. The van der Waals surface area contributed by atoms with Crippen LogP contribution >= 0.6 is 11.6 Å². The number of carbonyl (C=O) groups excluding carboxylic acids is 4. The molecule has 0 saturated heterocycles. The number of carbonyl (C=O) groups is 4. The molecule has 0 amide bonds. The monoisotopic (exact) mass is 677 g/mol. The van der Waals surface area contributed by atoms with Gasteiger partial charge < -0.3 is 38.8 Å². The van der Waals surface area contributed by atoms with Crippen molar-refractivity contribution in [2.24, 2.45) is 11.8 Å². The first-order valence-corrected chi connectivity index (χ1v) is 16.0. The van der Waals surface area contributed by atoms with Crippen LogP contribution in [0.5, 0.6) is 11.5 Å². The fraction of sp³-hybridized carbons (Fsp3) is 0.529. The molecule has 2 unspecified atom stereocenters. The molecule has 12 nitrogen and oxygen atoms in total. The Labute approximate surface area is 279 Å². The van der Waals surface area contributed by atoms with Crippen molar-refractivity contribution in [3.8, 4) is 11.5 Å². The van der Waals surface area contributed by atoms with Crippen molar-refractivity contribution in [2.75, 3.05) is 20.1 Å². The summed E-state index contributed by atoms with van der Waals surface area (Å²) in [4.78, 5) is 50.5. The Bertz CT molecular complexity index is 1340. The van der Waals surface area contributed by atoms with Crippen LogP contribution in [0.2, 0.25) is 5.02 Å². The van der Waals surface area contributed by atoms with Crippen molar-refractivity contribution in [1.29, 1.82) is 0 Å². The number of halogens is 1. The van der Waals surface area contributed by atoms with Crippen molar-refractivity contribution < 1.29 is 52.7 Å². The highest BCUT2D eigenvalue weighted by Crippen LogP contribution is 2.41.